The van der Waals surface area contributed by atoms with E-state index in [9.17, 15) is 4.79 Å². The van der Waals surface area contributed by atoms with Crippen molar-refractivity contribution in [2.24, 2.45) is 0 Å². The van der Waals surface area contributed by atoms with Crippen LogP contribution in [0.2, 0.25) is 0 Å². The lowest BCUT2D eigenvalue weighted by Gasteiger charge is -2.21. The summed E-state index contributed by atoms with van der Waals surface area (Å²) in [6, 6.07) is 3.48. The van der Waals surface area contributed by atoms with Crippen molar-refractivity contribution in [3.63, 3.8) is 0 Å². The van der Waals surface area contributed by atoms with Gasteiger partial charge in [-0.15, -0.1) is 6.42 Å². The molecule has 0 saturated carbocycles. The van der Waals surface area contributed by atoms with Gasteiger partial charge in [0.15, 0.2) is 0 Å². The Balaban J connectivity index is 2.95. The minimum atomic E-state index is -0.459. The van der Waals surface area contributed by atoms with Gasteiger partial charge in [0.1, 0.15) is 5.69 Å². The summed E-state index contributed by atoms with van der Waals surface area (Å²) < 4.78 is 0. The van der Waals surface area contributed by atoms with Crippen LogP contribution in [0.3, 0.4) is 0 Å². The third-order valence-electron chi connectivity index (χ3n) is 2.20. The average molecular weight is 231 g/mol. The molecule has 0 atom stereocenters. The molecule has 0 unspecified atom stereocenters. The average Bonchev–Trinajstić information content (AvgIpc) is 2.27. The van der Waals surface area contributed by atoms with E-state index >= 15 is 0 Å². The lowest BCUT2D eigenvalue weighted by atomic mass is 10.1. The largest absolute Gasteiger partial charge is 0.369 e. The first-order chi connectivity index (χ1) is 7.85. The summed E-state index contributed by atoms with van der Waals surface area (Å²) in [5, 5.41) is 3.16. The topological polar surface area (TPSA) is 45.2 Å². The number of aromatic nitrogens is 1. The Bertz CT molecular complexity index is 458. The van der Waals surface area contributed by atoms with E-state index in [4.69, 9.17) is 6.42 Å². The van der Waals surface area contributed by atoms with E-state index in [1.165, 1.54) is 4.90 Å². The van der Waals surface area contributed by atoms with Crippen LogP contribution in [0.1, 0.15) is 24.3 Å². The second kappa shape index (κ2) is 4.88. The fourth-order valence-electron chi connectivity index (χ4n) is 1.25. The number of carbonyl (C=O) groups is 1. The number of amides is 1. The minimum absolute atomic E-state index is 0.132. The minimum Gasteiger partial charge on any atom is -0.369 e. The molecule has 1 aromatic rings. The Morgan fingerprint density at radius 3 is 2.71 bits per heavy atom. The molecular weight excluding hydrogens is 214 g/mol. The van der Waals surface area contributed by atoms with E-state index < -0.39 is 5.54 Å². The van der Waals surface area contributed by atoms with Crippen LogP contribution in [0.4, 0.5) is 5.69 Å². The van der Waals surface area contributed by atoms with Crippen LogP contribution in [0.5, 0.6) is 0 Å². The van der Waals surface area contributed by atoms with Crippen molar-refractivity contribution in [3.05, 3.63) is 24.0 Å². The molecule has 0 spiro atoms. The second-order valence-electron chi connectivity index (χ2n) is 4.52. The highest BCUT2D eigenvalue weighted by Crippen LogP contribution is 2.15. The van der Waals surface area contributed by atoms with Gasteiger partial charge in [0.2, 0.25) is 0 Å². The van der Waals surface area contributed by atoms with Crippen LogP contribution in [0.15, 0.2) is 18.3 Å². The SMILES string of the molecule is C#CC(C)(C)Nc1ccnc(C(=O)N(C)C)c1. The number of hydrogen-bond donors (Lipinski definition) is 1. The molecule has 0 aliphatic carbocycles. The summed E-state index contributed by atoms with van der Waals surface area (Å²) >= 11 is 0. The Morgan fingerprint density at radius 2 is 2.18 bits per heavy atom. The standard InChI is InChI=1S/C13H17N3O/c1-6-13(2,3)15-10-7-8-14-11(9-10)12(17)16(4)5/h1,7-9H,2-5H3,(H,14,15). The molecule has 0 aliphatic heterocycles. The lowest BCUT2D eigenvalue weighted by Crippen LogP contribution is -2.29. The monoisotopic (exact) mass is 231 g/mol. The number of hydrogen-bond acceptors (Lipinski definition) is 3. The van der Waals surface area contributed by atoms with Gasteiger partial charge in [0.25, 0.3) is 5.91 Å². The van der Waals surface area contributed by atoms with E-state index in [0.717, 1.165) is 5.69 Å². The van der Waals surface area contributed by atoms with Gasteiger partial charge < -0.3 is 10.2 Å². The second-order valence-corrected chi connectivity index (χ2v) is 4.52. The molecule has 0 aliphatic rings. The molecule has 4 heteroatoms. The van der Waals surface area contributed by atoms with E-state index in [2.05, 4.69) is 16.2 Å². The molecule has 0 fully saturated rings. The van der Waals surface area contributed by atoms with Crippen LogP contribution >= 0.6 is 0 Å². The molecule has 90 valence electrons. The molecule has 1 heterocycles. The Hall–Kier alpha value is -2.02. The van der Waals surface area contributed by atoms with Crippen molar-refractivity contribution < 1.29 is 4.79 Å². The van der Waals surface area contributed by atoms with Crippen LogP contribution in [-0.4, -0.2) is 35.4 Å². The summed E-state index contributed by atoms with van der Waals surface area (Å²) in [4.78, 5) is 17.2. The predicted molar refractivity (Wildman–Crippen MR) is 68.8 cm³/mol. The van der Waals surface area contributed by atoms with E-state index in [1.807, 2.05) is 13.8 Å². The maximum absolute atomic E-state index is 11.7. The first-order valence-corrected chi connectivity index (χ1v) is 5.29. The fraction of sp³-hybridized carbons (Fsp3) is 0.385. The van der Waals surface area contributed by atoms with Crippen molar-refractivity contribution in [2.75, 3.05) is 19.4 Å². The molecule has 1 N–H and O–H groups in total. The number of anilines is 1. The van der Waals surface area contributed by atoms with Crippen molar-refractivity contribution in [2.45, 2.75) is 19.4 Å². The van der Waals surface area contributed by atoms with E-state index in [0.29, 0.717) is 5.69 Å². The summed E-state index contributed by atoms with van der Waals surface area (Å²) in [7, 11) is 3.38. The third-order valence-corrected chi connectivity index (χ3v) is 2.20. The molecule has 17 heavy (non-hydrogen) atoms. The lowest BCUT2D eigenvalue weighted by molar-refractivity contribution is 0.0822. The highest BCUT2D eigenvalue weighted by Gasteiger charge is 2.15. The molecule has 0 bridgehead atoms. The fourth-order valence-corrected chi connectivity index (χ4v) is 1.25. The Kier molecular flexibility index (Phi) is 3.74. The van der Waals surface area contributed by atoms with Gasteiger partial charge in [-0.05, 0) is 26.0 Å². The number of carbonyl (C=O) groups excluding carboxylic acids is 1. The first kappa shape index (κ1) is 13.0. The first-order valence-electron chi connectivity index (χ1n) is 5.29. The van der Waals surface area contributed by atoms with Gasteiger partial charge in [0.05, 0.1) is 5.54 Å². The zero-order valence-electron chi connectivity index (χ0n) is 10.6. The van der Waals surface area contributed by atoms with E-state index in [1.54, 1.807) is 32.4 Å². The van der Waals surface area contributed by atoms with Crippen LogP contribution < -0.4 is 5.32 Å². The van der Waals surface area contributed by atoms with Crippen molar-refractivity contribution >= 4 is 11.6 Å². The molecule has 1 rings (SSSR count). The molecule has 0 radical (unpaired) electrons. The Morgan fingerprint density at radius 1 is 1.53 bits per heavy atom. The summed E-state index contributed by atoms with van der Waals surface area (Å²) in [6.45, 7) is 3.78. The summed E-state index contributed by atoms with van der Waals surface area (Å²) in [5.74, 6) is 2.50. The van der Waals surface area contributed by atoms with Crippen molar-refractivity contribution in [1.29, 1.82) is 0 Å². The third kappa shape index (κ3) is 3.49. The van der Waals surface area contributed by atoms with Crippen molar-refractivity contribution in [3.8, 4) is 12.3 Å². The number of pyridine rings is 1. The van der Waals surface area contributed by atoms with Gasteiger partial charge in [0, 0.05) is 26.0 Å². The highest BCUT2D eigenvalue weighted by atomic mass is 16.2. The van der Waals surface area contributed by atoms with E-state index in [-0.39, 0.29) is 5.91 Å². The normalized spacial score (nSPS) is 10.5. The van der Waals surface area contributed by atoms with Crippen LogP contribution in [0.25, 0.3) is 0 Å². The predicted octanol–water partition coefficient (Wildman–Crippen LogP) is 1.61. The molecule has 0 saturated heterocycles. The highest BCUT2D eigenvalue weighted by molar-refractivity contribution is 5.92. The van der Waals surface area contributed by atoms with Crippen molar-refractivity contribution in [1.82, 2.24) is 9.88 Å². The van der Waals surface area contributed by atoms with Gasteiger partial charge >= 0.3 is 0 Å². The number of rotatable bonds is 3. The maximum atomic E-state index is 11.7. The molecule has 1 aromatic heterocycles. The molecule has 1 amide bonds. The quantitative estimate of drug-likeness (QED) is 0.804. The van der Waals surface area contributed by atoms with Gasteiger partial charge in [-0.25, -0.2) is 0 Å². The summed E-state index contributed by atoms with van der Waals surface area (Å²) in [5.41, 5.74) is 0.723. The van der Waals surface area contributed by atoms with Gasteiger partial charge in [-0.3, -0.25) is 9.78 Å². The number of nitrogens with zero attached hydrogens (tertiary/aromatic N) is 2. The van der Waals surface area contributed by atoms with Gasteiger partial charge in [-0.1, -0.05) is 5.92 Å². The zero-order chi connectivity index (χ0) is 13.1. The van der Waals surface area contributed by atoms with Crippen LogP contribution in [-0.2, 0) is 0 Å². The maximum Gasteiger partial charge on any atom is 0.272 e. The Labute approximate surface area is 102 Å². The zero-order valence-corrected chi connectivity index (χ0v) is 10.6. The molecule has 0 aromatic carbocycles. The number of terminal acetylenes is 1. The van der Waals surface area contributed by atoms with Gasteiger partial charge in [-0.2, -0.15) is 0 Å². The molecular formula is C13H17N3O. The smallest absolute Gasteiger partial charge is 0.272 e. The molecule has 4 nitrogen and oxygen atoms in total. The number of nitrogens with one attached hydrogen (secondary N) is 1. The summed E-state index contributed by atoms with van der Waals surface area (Å²) in [6.07, 6.45) is 6.99. The van der Waals surface area contributed by atoms with Crippen LogP contribution in [0, 0.1) is 12.3 Å².